The number of hydrogen-bond acceptors (Lipinski definition) is 2. The van der Waals surface area contributed by atoms with Gasteiger partial charge in [0.1, 0.15) is 6.10 Å². The largest absolute Gasteiger partial charge is 0.462 e. The fourth-order valence-electron chi connectivity index (χ4n) is 3.31. The van der Waals surface area contributed by atoms with Crippen LogP contribution in [0.3, 0.4) is 0 Å². The first-order valence-electron chi connectivity index (χ1n) is 6.02. The molecule has 0 radical (unpaired) electrons. The Balaban J connectivity index is 2.15. The van der Waals surface area contributed by atoms with Crippen LogP contribution in [0.15, 0.2) is 24.8 Å². The van der Waals surface area contributed by atoms with Gasteiger partial charge in [0.2, 0.25) is 0 Å². The molecule has 4 atom stereocenters. The normalized spacial score (nSPS) is 37.4. The van der Waals surface area contributed by atoms with Crippen LogP contribution in [-0.2, 0) is 9.53 Å². The van der Waals surface area contributed by atoms with Crippen molar-refractivity contribution < 1.29 is 9.53 Å². The van der Waals surface area contributed by atoms with Crippen molar-refractivity contribution in [2.24, 2.45) is 17.3 Å². The minimum absolute atomic E-state index is 0.0116. The van der Waals surface area contributed by atoms with E-state index < -0.39 is 0 Å². The molecular formula is C14H20O2. The molecule has 2 bridgehead atoms. The van der Waals surface area contributed by atoms with Crippen LogP contribution in [0, 0.1) is 17.3 Å². The van der Waals surface area contributed by atoms with E-state index in [2.05, 4.69) is 25.7 Å². The molecule has 0 heterocycles. The molecule has 0 aromatic carbocycles. The molecule has 0 N–H and O–H groups in total. The topological polar surface area (TPSA) is 26.3 Å². The Kier molecular flexibility index (Phi) is 2.92. The second-order valence-corrected chi connectivity index (χ2v) is 5.32. The molecule has 88 valence electrons. The maximum absolute atomic E-state index is 11.2. The molecule has 16 heavy (non-hydrogen) atoms. The van der Waals surface area contributed by atoms with E-state index in [4.69, 9.17) is 4.74 Å². The smallest absolute Gasteiger partial charge is 0.302 e. The van der Waals surface area contributed by atoms with Crippen LogP contribution in [0.2, 0.25) is 0 Å². The highest BCUT2D eigenvalue weighted by Gasteiger charge is 2.50. The van der Waals surface area contributed by atoms with Gasteiger partial charge in [-0.05, 0) is 24.7 Å². The predicted molar refractivity (Wildman–Crippen MR) is 63.8 cm³/mol. The van der Waals surface area contributed by atoms with Crippen LogP contribution < -0.4 is 0 Å². The maximum Gasteiger partial charge on any atom is 0.302 e. The lowest BCUT2D eigenvalue weighted by atomic mass is 9.72. The van der Waals surface area contributed by atoms with Gasteiger partial charge in [0.25, 0.3) is 0 Å². The Bertz CT molecular complexity index is 332. The van der Waals surface area contributed by atoms with Crippen LogP contribution in [0.5, 0.6) is 0 Å². The SMILES string of the molecule is C=CCC(OC(C)=O)[C@]1(C)C[C@H]2C=C[C@@H]1C2. The van der Waals surface area contributed by atoms with E-state index in [-0.39, 0.29) is 17.5 Å². The van der Waals surface area contributed by atoms with Gasteiger partial charge in [0, 0.05) is 18.8 Å². The van der Waals surface area contributed by atoms with Gasteiger partial charge in [-0.15, -0.1) is 6.58 Å². The summed E-state index contributed by atoms with van der Waals surface area (Å²) in [5, 5.41) is 0. The molecule has 0 spiro atoms. The lowest BCUT2D eigenvalue weighted by Gasteiger charge is -2.38. The first kappa shape index (κ1) is 11.4. The molecule has 0 saturated heterocycles. The molecule has 2 heteroatoms. The lowest BCUT2D eigenvalue weighted by Crippen LogP contribution is -2.38. The highest BCUT2D eigenvalue weighted by Crippen LogP contribution is 2.55. The van der Waals surface area contributed by atoms with Crippen molar-refractivity contribution in [1.82, 2.24) is 0 Å². The average Bonchev–Trinajstić information content (AvgIpc) is 2.76. The van der Waals surface area contributed by atoms with Gasteiger partial charge >= 0.3 is 5.97 Å². The average molecular weight is 220 g/mol. The van der Waals surface area contributed by atoms with Crippen LogP contribution >= 0.6 is 0 Å². The fraction of sp³-hybridized carbons (Fsp3) is 0.643. The van der Waals surface area contributed by atoms with Crippen molar-refractivity contribution >= 4 is 5.97 Å². The van der Waals surface area contributed by atoms with Crippen molar-refractivity contribution in [1.29, 1.82) is 0 Å². The molecule has 1 fully saturated rings. The fourth-order valence-corrected chi connectivity index (χ4v) is 3.31. The number of ether oxygens (including phenoxy) is 1. The van der Waals surface area contributed by atoms with E-state index in [1.54, 1.807) is 0 Å². The van der Waals surface area contributed by atoms with E-state index in [1.165, 1.54) is 13.3 Å². The Morgan fingerprint density at radius 2 is 2.44 bits per heavy atom. The standard InChI is InChI=1S/C14H20O2/c1-4-5-13(16-10(2)15)14(3)9-11-6-7-12(14)8-11/h4,6-7,11-13H,1,5,8-9H2,2-3H3/t11-,12+,13?,14+/m0/s1. The summed E-state index contributed by atoms with van der Waals surface area (Å²) in [6, 6.07) is 0. The van der Waals surface area contributed by atoms with Gasteiger partial charge in [-0.3, -0.25) is 4.79 Å². The Morgan fingerprint density at radius 1 is 1.69 bits per heavy atom. The molecule has 2 rings (SSSR count). The third-order valence-corrected chi connectivity index (χ3v) is 4.15. The van der Waals surface area contributed by atoms with Crippen molar-refractivity contribution in [3.05, 3.63) is 24.8 Å². The molecule has 2 nitrogen and oxygen atoms in total. The van der Waals surface area contributed by atoms with E-state index in [9.17, 15) is 4.79 Å². The lowest BCUT2D eigenvalue weighted by molar-refractivity contribution is -0.154. The number of esters is 1. The van der Waals surface area contributed by atoms with Gasteiger partial charge in [-0.1, -0.05) is 25.2 Å². The summed E-state index contributed by atoms with van der Waals surface area (Å²) in [4.78, 5) is 11.2. The van der Waals surface area contributed by atoms with Gasteiger partial charge in [0.15, 0.2) is 0 Å². The second-order valence-electron chi connectivity index (χ2n) is 5.32. The summed E-state index contributed by atoms with van der Waals surface area (Å²) >= 11 is 0. The Hall–Kier alpha value is -1.05. The van der Waals surface area contributed by atoms with Gasteiger partial charge < -0.3 is 4.74 Å². The van der Waals surface area contributed by atoms with Crippen molar-refractivity contribution in [3.63, 3.8) is 0 Å². The van der Waals surface area contributed by atoms with Crippen molar-refractivity contribution in [3.8, 4) is 0 Å². The van der Waals surface area contributed by atoms with Crippen LogP contribution in [0.4, 0.5) is 0 Å². The predicted octanol–water partition coefficient (Wildman–Crippen LogP) is 3.10. The molecular weight excluding hydrogens is 200 g/mol. The minimum atomic E-state index is -0.181. The van der Waals surface area contributed by atoms with Crippen LogP contribution in [-0.4, -0.2) is 12.1 Å². The minimum Gasteiger partial charge on any atom is -0.462 e. The highest BCUT2D eigenvalue weighted by atomic mass is 16.5. The van der Waals surface area contributed by atoms with Crippen LogP contribution in [0.1, 0.15) is 33.1 Å². The van der Waals surface area contributed by atoms with Crippen molar-refractivity contribution in [2.75, 3.05) is 0 Å². The molecule has 0 aromatic heterocycles. The quantitative estimate of drug-likeness (QED) is 0.537. The number of hydrogen-bond donors (Lipinski definition) is 0. The van der Waals surface area contributed by atoms with Gasteiger partial charge in [-0.25, -0.2) is 0 Å². The summed E-state index contributed by atoms with van der Waals surface area (Å²) in [7, 11) is 0. The zero-order valence-electron chi connectivity index (χ0n) is 10.1. The zero-order chi connectivity index (χ0) is 11.8. The summed E-state index contributed by atoms with van der Waals surface area (Å²) in [5.41, 5.74) is 0.110. The monoisotopic (exact) mass is 220 g/mol. The molecule has 1 saturated carbocycles. The first-order chi connectivity index (χ1) is 7.56. The number of carbonyl (C=O) groups is 1. The maximum atomic E-state index is 11.2. The zero-order valence-corrected chi connectivity index (χ0v) is 10.1. The molecule has 2 aliphatic carbocycles. The van der Waals surface area contributed by atoms with Gasteiger partial charge in [0.05, 0.1) is 0 Å². The molecule has 2 aliphatic rings. The Morgan fingerprint density at radius 3 is 2.88 bits per heavy atom. The summed E-state index contributed by atoms with van der Waals surface area (Å²) in [6.07, 6.45) is 9.58. The van der Waals surface area contributed by atoms with E-state index in [1.807, 2.05) is 6.08 Å². The second kappa shape index (κ2) is 4.08. The van der Waals surface area contributed by atoms with Crippen molar-refractivity contribution in [2.45, 2.75) is 39.2 Å². The van der Waals surface area contributed by atoms with E-state index >= 15 is 0 Å². The number of rotatable bonds is 4. The molecule has 1 unspecified atom stereocenters. The molecule has 0 aromatic rings. The Labute approximate surface area is 97.4 Å². The first-order valence-corrected chi connectivity index (χ1v) is 6.02. The van der Waals surface area contributed by atoms with Gasteiger partial charge in [-0.2, -0.15) is 0 Å². The third kappa shape index (κ3) is 1.81. The number of fused-ring (bicyclic) bond motifs is 2. The molecule has 0 amide bonds. The number of allylic oxidation sites excluding steroid dienone is 2. The highest BCUT2D eigenvalue weighted by molar-refractivity contribution is 5.66. The third-order valence-electron chi connectivity index (χ3n) is 4.15. The summed E-state index contributed by atoms with van der Waals surface area (Å²) in [6.45, 7) is 7.50. The molecule has 0 aliphatic heterocycles. The van der Waals surface area contributed by atoms with E-state index in [0.717, 1.165) is 12.8 Å². The summed E-state index contributed by atoms with van der Waals surface area (Å²) < 4.78 is 5.49. The van der Waals surface area contributed by atoms with E-state index in [0.29, 0.717) is 11.8 Å². The summed E-state index contributed by atoms with van der Waals surface area (Å²) in [5.74, 6) is 1.08. The number of carbonyl (C=O) groups excluding carboxylic acids is 1. The van der Waals surface area contributed by atoms with Crippen LogP contribution in [0.25, 0.3) is 0 Å².